The van der Waals surface area contributed by atoms with Crippen LogP contribution in [0.5, 0.6) is 5.75 Å². The van der Waals surface area contributed by atoms with Gasteiger partial charge in [0.1, 0.15) is 17.2 Å². The summed E-state index contributed by atoms with van der Waals surface area (Å²) in [5, 5.41) is 0. The molecule has 146 valence electrons. The maximum atomic E-state index is 12.4. The van der Waals surface area contributed by atoms with Crippen LogP contribution in [-0.2, 0) is 10.2 Å². The van der Waals surface area contributed by atoms with Crippen molar-refractivity contribution in [3.05, 3.63) is 71.3 Å². The summed E-state index contributed by atoms with van der Waals surface area (Å²) in [4.78, 5) is 18.9. The van der Waals surface area contributed by atoms with Crippen LogP contribution in [-0.4, -0.2) is 42.6 Å². The Morgan fingerprint density at radius 3 is 2.86 bits per heavy atom. The molecule has 5 nitrogen and oxygen atoms in total. The van der Waals surface area contributed by atoms with Crippen molar-refractivity contribution in [3.63, 3.8) is 0 Å². The summed E-state index contributed by atoms with van der Waals surface area (Å²) in [5.74, 6) is 1.27. The first-order valence-corrected chi connectivity index (χ1v) is 9.71. The topological polar surface area (TPSA) is 51.7 Å². The van der Waals surface area contributed by atoms with Crippen molar-refractivity contribution in [1.29, 1.82) is 0 Å². The predicted molar refractivity (Wildman–Crippen MR) is 107 cm³/mol. The number of likely N-dealkylation sites (tertiary alicyclic amines) is 1. The number of hydrogen-bond donors (Lipinski definition) is 0. The van der Waals surface area contributed by atoms with E-state index in [4.69, 9.17) is 9.47 Å². The van der Waals surface area contributed by atoms with E-state index in [0.29, 0.717) is 11.7 Å². The molecule has 1 aliphatic heterocycles. The van der Waals surface area contributed by atoms with Crippen molar-refractivity contribution < 1.29 is 14.3 Å². The van der Waals surface area contributed by atoms with Crippen molar-refractivity contribution in [1.82, 2.24) is 9.88 Å². The van der Waals surface area contributed by atoms with E-state index in [2.05, 4.69) is 48.1 Å². The number of methoxy groups -OCH3 is 1. The van der Waals surface area contributed by atoms with Crippen molar-refractivity contribution in [2.45, 2.75) is 37.6 Å². The molecule has 1 aliphatic carbocycles. The molecule has 0 bridgehead atoms. The van der Waals surface area contributed by atoms with E-state index < -0.39 is 0 Å². The Balaban J connectivity index is 1.60. The quantitative estimate of drug-likeness (QED) is 0.756. The van der Waals surface area contributed by atoms with Gasteiger partial charge in [0.05, 0.1) is 7.11 Å². The smallest absolute Gasteiger partial charge is 0.361 e. The Bertz CT molecular complexity index is 909. The molecule has 1 saturated heterocycles. The average Bonchev–Trinajstić information content (AvgIpc) is 3.06. The number of nitrogens with zero attached hydrogens (tertiary/aromatic N) is 2. The lowest BCUT2D eigenvalue weighted by Gasteiger charge is -2.40. The minimum atomic E-state index is -0.389. The monoisotopic (exact) mass is 378 g/mol. The van der Waals surface area contributed by atoms with Gasteiger partial charge in [-0.15, -0.1) is 0 Å². The SMILES string of the molecule is COc1ccc([C@@]23CC=C(OC(=O)c4ccccn4)C[C@@H]2N(C)CC3)cc1C. The van der Waals surface area contributed by atoms with Crippen LogP contribution < -0.4 is 4.74 Å². The minimum absolute atomic E-state index is 0.0483. The Labute approximate surface area is 166 Å². The highest BCUT2D eigenvalue weighted by molar-refractivity contribution is 5.87. The maximum absolute atomic E-state index is 12.4. The third kappa shape index (κ3) is 3.20. The molecule has 0 N–H and O–H groups in total. The first-order chi connectivity index (χ1) is 13.5. The molecule has 0 saturated carbocycles. The van der Waals surface area contributed by atoms with Crippen molar-refractivity contribution in [2.75, 3.05) is 20.7 Å². The highest BCUT2D eigenvalue weighted by Gasteiger charge is 2.49. The predicted octanol–water partition coefficient (Wildman–Crippen LogP) is 3.88. The number of rotatable bonds is 4. The van der Waals surface area contributed by atoms with Gasteiger partial charge in [0.25, 0.3) is 0 Å². The van der Waals surface area contributed by atoms with Gasteiger partial charge in [0, 0.05) is 24.1 Å². The molecule has 0 radical (unpaired) electrons. The molecule has 2 heterocycles. The summed E-state index contributed by atoms with van der Waals surface area (Å²) in [5.41, 5.74) is 2.88. The van der Waals surface area contributed by atoms with Gasteiger partial charge in [0.2, 0.25) is 0 Å². The Morgan fingerprint density at radius 2 is 2.14 bits per heavy atom. The second kappa shape index (κ2) is 7.40. The number of hydrogen-bond acceptors (Lipinski definition) is 5. The van der Waals surface area contributed by atoms with Crippen LogP contribution in [0, 0.1) is 6.92 Å². The minimum Gasteiger partial charge on any atom is -0.496 e. The van der Waals surface area contributed by atoms with Crippen LogP contribution in [0.1, 0.15) is 40.9 Å². The largest absolute Gasteiger partial charge is 0.496 e. The number of ether oxygens (including phenoxy) is 2. The molecule has 0 amide bonds. The molecular formula is C23H26N2O3. The number of aryl methyl sites for hydroxylation is 1. The van der Waals surface area contributed by atoms with Gasteiger partial charge in [-0.1, -0.05) is 18.2 Å². The summed E-state index contributed by atoms with van der Waals surface area (Å²) >= 11 is 0. The molecule has 0 unspecified atom stereocenters. The number of allylic oxidation sites excluding steroid dienone is 1. The Kier molecular flexibility index (Phi) is 4.94. The van der Waals surface area contributed by atoms with Gasteiger partial charge in [-0.05, 0) is 68.8 Å². The third-order valence-electron chi connectivity index (χ3n) is 6.24. The highest BCUT2D eigenvalue weighted by atomic mass is 16.5. The second-order valence-corrected chi connectivity index (χ2v) is 7.77. The second-order valence-electron chi connectivity index (χ2n) is 7.77. The van der Waals surface area contributed by atoms with Crippen LogP contribution in [0.4, 0.5) is 0 Å². The number of benzene rings is 1. The van der Waals surface area contributed by atoms with Gasteiger partial charge in [-0.2, -0.15) is 0 Å². The number of aromatic nitrogens is 1. The van der Waals surface area contributed by atoms with E-state index in [-0.39, 0.29) is 11.4 Å². The lowest BCUT2D eigenvalue weighted by atomic mass is 9.68. The van der Waals surface area contributed by atoms with Gasteiger partial charge in [-0.3, -0.25) is 0 Å². The van der Waals surface area contributed by atoms with E-state index in [1.807, 2.05) is 0 Å². The molecule has 2 atom stereocenters. The molecule has 0 spiro atoms. The van der Waals surface area contributed by atoms with Gasteiger partial charge < -0.3 is 14.4 Å². The van der Waals surface area contributed by atoms with E-state index in [1.165, 1.54) is 5.56 Å². The summed E-state index contributed by atoms with van der Waals surface area (Å²) in [6, 6.07) is 12.1. The molecule has 1 aromatic heterocycles. The maximum Gasteiger partial charge on any atom is 0.361 e. The van der Waals surface area contributed by atoms with Crippen LogP contribution >= 0.6 is 0 Å². The standard InChI is InChI=1S/C23H26N2O3/c1-16-14-17(7-8-20(16)27-3)23-10-9-18(15-21(23)25(2)13-11-23)28-22(26)19-6-4-5-12-24-19/h4-9,12,14,21H,10-11,13,15H2,1-3H3/t21-,23-/m0/s1. The fourth-order valence-corrected chi connectivity index (χ4v) is 4.66. The van der Waals surface area contributed by atoms with Crippen LogP contribution in [0.3, 0.4) is 0 Å². The third-order valence-corrected chi connectivity index (χ3v) is 6.24. The van der Waals surface area contributed by atoms with Crippen molar-refractivity contribution in [2.24, 2.45) is 0 Å². The molecule has 1 fully saturated rings. The molecule has 28 heavy (non-hydrogen) atoms. The molecule has 2 aliphatic rings. The summed E-state index contributed by atoms with van der Waals surface area (Å²) < 4.78 is 11.1. The average molecular weight is 378 g/mol. The fraction of sp³-hybridized carbons (Fsp3) is 0.391. The molecular weight excluding hydrogens is 352 g/mol. The van der Waals surface area contributed by atoms with E-state index in [1.54, 1.807) is 31.5 Å². The zero-order valence-corrected chi connectivity index (χ0v) is 16.6. The van der Waals surface area contributed by atoms with Crippen molar-refractivity contribution in [3.8, 4) is 5.75 Å². The summed E-state index contributed by atoms with van der Waals surface area (Å²) in [6.45, 7) is 3.12. The molecule has 5 heteroatoms. The number of pyridine rings is 1. The first-order valence-electron chi connectivity index (χ1n) is 9.71. The van der Waals surface area contributed by atoms with Gasteiger partial charge in [-0.25, -0.2) is 9.78 Å². The van der Waals surface area contributed by atoms with E-state index >= 15 is 0 Å². The molecule has 1 aromatic carbocycles. The molecule has 2 aromatic rings. The first kappa shape index (κ1) is 18.7. The summed E-state index contributed by atoms with van der Waals surface area (Å²) in [7, 11) is 3.87. The van der Waals surface area contributed by atoms with Crippen LogP contribution in [0.25, 0.3) is 0 Å². The Hall–Kier alpha value is -2.66. The lowest BCUT2D eigenvalue weighted by molar-refractivity contribution is 0.0573. The van der Waals surface area contributed by atoms with E-state index in [0.717, 1.165) is 42.9 Å². The molecule has 4 rings (SSSR count). The van der Waals surface area contributed by atoms with Gasteiger partial charge in [0.15, 0.2) is 0 Å². The van der Waals surface area contributed by atoms with E-state index in [9.17, 15) is 4.79 Å². The number of carbonyl (C=O) groups excluding carboxylic acids is 1. The zero-order chi connectivity index (χ0) is 19.7. The zero-order valence-electron chi connectivity index (χ0n) is 16.6. The number of fused-ring (bicyclic) bond motifs is 1. The van der Waals surface area contributed by atoms with Crippen molar-refractivity contribution >= 4 is 5.97 Å². The normalized spacial score (nSPS) is 24.4. The Morgan fingerprint density at radius 1 is 1.29 bits per heavy atom. The van der Waals surface area contributed by atoms with Crippen LogP contribution in [0.15, 0.2) is 54.4 Å². The van der Waals surface area contributed by atoms with Crippen LogP contribution in [0.2, 0.25) is 0 Å². The summed E-state index contributed by atoms with van der Waals surface area (Å²) in [6.07, 6.45) is 6.38. The van der Waals surface area contributed by atoms with Gasteiger partial charge >= 0.3 is 5.97 Å². The number of esters is 1. The fourth-order valence-electron chi connectivity index (χ4n) is 4.66. The number of carbonyl (C=O) groups is 1. The lowest BCUT2D eigenvalue weighted by Crippen LogP contribution is -2.43. The highest BCUT2D eigenvalue weighted by Crippen LogP contribution is 2.48. The number of likely N-dealkylation sites (N-methyl/N-ethyl adjacent to an activating group) is 1.